The lowest BCUT2D eigenvalue weighted by atomic mass is 10.2. The van der Waals surface area contributed by atoms with Gasteiger partial charge < -0.3 is 10.3 Å². The third-order valence-electron chi connectivity index (χ3n) is 2.25. The number of nitrogens with zero attached hydrogens (tertiary/aromatic N) is 3. The molecule has 0 aliphatic heterocycles. The van der Waals surface area contributed by atoms with Crippen molar-refractivity contribution in [2.45, 2.75) is 25.8 Å². The molecule has 2 rings (SSSR count). The van der Waals surface area contributed by atoms with Crippen LogP contribution in [0.5, 0.6) is 0 Å². The molecule has 5 nitrogen and oxygen atoms in total. The van der Waals surface area contributed by atoms with E-state index in [0.29, 0.717) is 17.4 Å². The van der Waals surface area contributed by atoms with Gasteiger partial charge in [-0.3, -0.25) is 4.98 Å². The van der Waals surface area contributed by atoms with Crippen molar-refractivity contribution in [1.29, 1.82) is 0 Å². The number of hydrogen-bond acceptors (Lipinski definition) is 5. The van der Waals surface area contributed by atoms with Crippen molar-refractivity contribution in [2.24, 2.45) is 5.73 Å². The molecule has 0 saturated carbocycles. The van der Waals surface area contributed by atoms with E-state index in [1.54, 1.807) is 6.20 Å². The molecule has 2 aromatic rings. The molecule has 2 N–H and O–H groups in total. The molecule has 84 valence electrons. The Balaban J connectivity index is 2.20. The van der Waals surface area contributed by atoms with Crippen LogP contribution in [0.3, 0.4) is 0 Å². The summed E-state index contributed by atoms with van der Waals surface area (Å²) < 4.78 is 5.11. The summed E-state index contributed by atoms with van der Waals surface area (Å²) in [5.41, 5.74) is 6.58. The summed E-state index contributed by atoms with van der Waals surface area (Å²) in [6, 6.07) is 5.37. The van der Waals surface area contributed by atoms with Gasteiger partial charge in [0, 0.05) is 6.20 Å². The first kappa shape index (κ1) is 10.8. The summed E-state index contributed by atoms with van der Waals surface area (Å²) in [7, 11) is 0. The second-order valence-electron chi connectivity index (χ2n) is 3.57. The fraction of sp³-hybridized carbons (Fsp3) is 0.364. The lowest BCUT2D eigenvalue weighted by Crippen LogP contribution is -2.09. The molecule has 16 heavy (non-hydrogen) atoms. The summed E-state index contributed by atoms with van der Waals surface area (Å²) in [4.78, 5) is 8.38. The first-order valence-corrected chi connectivity index (χ1v) is 5.32. The standard InChI is InChI=1S/C11H14N4O/c1-2-5-8(12)11-14-10(15-16-11)9-6-3-4-7-13-9/h3-4,6-8H,2,5,12H2,1H3/t8-/m0/s1. The summed E-state index contributed by atoms with van der Waals surface area (Å²) in [6.45, 7) is 2.07. The van der Waals surface area contributed by atoms with E-state index in [1.165, 1.54) is 0 Å². The van der Waals surface area contributed by atoms with Gasteiger partial charge in [0.25, 0.3) is 0 Å². The monoisotopic (exact) mass is 218 g/mol. The third kappa shape index (κ3) is 2.25. The number of rotatable bonds is 4. The molecule has 0 fully saturated rings. The van der Waals surface area contributed by atoms with Crippen LogP contribution >= 0.6 is 0 Å². The van der Waals surface area contributed by atoms with Crippen LogP contribution in [0, 0.1) is 0 Å². The highest BCUT2D eigenvalue weighted by atomic mass is 16.5. The SMILES string of the molecule is CCC[C@H](N)c1nc(-c2ccccn2)no1. The lowest BCUT2D eigenvalue weighted by Gasteiger charge is -2.01. The van der Waals surface area contributed by atoms with Gasteiger partial charge in [-0.25, -0.2) is 0 Å². The maximum absolute atomic E-state index is 5.88. The summed E-state index contributed by atoms with van der Waals surface area (Å²) in [5.74, 6) is 0.963. The van der Waals surface area contributed by atoms with Gasteiger partial charge in [0.1, 0.15) is 5.69 Å². The van der Waals surface area contributed by atoms with E-state index in [4.69, 9.17) is 10.3 Å². The average molecular weight is 218 g/mol. The number of hydrogen-bond donors (Lipinski definition) is 1. The Morgan fingerprint density at radius 2 is 2.31 bits per heavy atom. The largest absolute Gasteiger partial charge is 0.337 e. The van der Waals surface area contributed by atoms with Gasteiger partial charge in [-0.1, -0.05) is 24.6 Å². The lowest BCUT2D eigenvalue weighted by molar-refractivity contribution is 0.348. The summed E-state index contributed by atoms with van der Waals surface area (Å²) >= 11 is 0. The highest BCUT2D eigenvalue weighted by Crippen LogP contribution is 2.17. The zero-order chi connectivity index (χ0) is 11.4. The molecule has 0 bridgehead atoms. The fourth-order valence-corrected chi connectivity index (χ4v) is 1.42. The van der Waals surface area contributed by atoms with Crippen LogP contribution in [-0.4, -0.2) is 15.1 Å². The highest BCUT2D eigenvalue weighted by molar-refractivity contribution is 5.47. The maximum Gasteiger partial charge on any atom is 0.243 e. The van der Waals surface area contributed by atoms with Gasteiger partial charge in [-0.15, -0.1) is 0 Å². The van der Waals surface area contributed by atoms with E-state index in [1.807, 2.05) is 18.2 Å². The molecule has 2 heterocycles. The van der Waals surface area contributed by atoms with Gasteiger partial charge in [0.2, 0.25) is 11.7 Å². The topological polar surface area (TPSA) is 77.8 Å². The van der Waals surface area contributed by atoms with Crippen LogP contribution in [0.25, 0.3) is 11.5 Å². The van der Waals surface area contributed by atoms with Crippen LogP contribution in [0.1, 0.15) is 31.7 Å². The molecule has 2 aromatic heterocycles. The Morgan fingerprint density at radius 3 is 3.00 bits per heavy atom. The van der Waals surface area contributed by atoms with E-state index in [2.05, 4.69) is 22.0 Å². The molecule has 0 aliphatic rings. The fourth-order valence-electron chi connectivity index (χ4n) is 1.42. The second kappa shape index (κ2) is 4.85. The second-order valence-corrected chi connectivity index (χ2v) is 3.57. The number of aromatic nitrogens is 3. The molecular weight excluding hydrogens is 204 g/mol. The average Bonchev–Trinajstić information content (AvgIpc) is 2.80. The van der Waals surface area contributed by atoms with E-state index in [0.717, 1.165) is 12.8 Å². The zero-order valence-electron chi connectivity index (χ0n) is 9.13. The van der Waals surface area contributed by atoms with Gasteiger partial charge in [0.05, 0.1) is 6.04 Å². The zero-order valence-corrected chi connectivity index (χ0v) is 9.13. The van der Waals surface area contributed by atoms with Crippen molar-refractivity contribution in [3.63, 3.8) is 0 Å². The van der Waals surface area contributed by atoms with Gasteiger partial charge in [-0.2, -0.15) is 4.98 Å². The molecule has 0 saturated heterocycles. The minimum absolute atomic E-state index is 0.185. The summed E-state index contributed by atoms with van der Waals surface area (Å²) in [5, 5.41) is 3.86. The van der Waals surface area contributed by atoms with E-state index < -0.39 is 0 Å². The van der Waals surface area contributed by atoms with Crippen LogP contribution in [-0.2, 0) is 0 Å². The molecule has 1 atom stereocenters. The number of nitrogens with two attached hydrogens (primary N) is 1. The quantitative estimate of drug-likeness (QED) is 0.848. The molecule has 0 radical (unpaired) electrons. The van der Waals surface area contributed by atoms with Crippen LogP contribution in [0.4, 0.5) is 0 Å². The third-order valence-corrected chi connectivity index (χ3v) is 2.25. The van der Waals surface area contributed by atoms with Crippen molar-refractivity contribution in [3.05, 3.63) is 30.3 Å². The van der Waals surface area contributed by atoms with Crippen molar-refractivity contribution >= 4 is 0 Å². The van der Waals surface area contributed by atoms with E-state index in [-0.39, 0.29) is 6.04 Å². The minimum atomic E-state index is -0.185. The normalized spacial score (nSPS) is 12.6. The van der Waals surface area contributed by atoms with Crippen molar-refractivity contribution in [1.82, 2.24) is 15.1 Å². The molecule has 5 heteroatoms. The van der Waals surface area contributed by atoms with Gasteiger partial charge in [-0.05, 0) is 18.6 Å². The Bertz CT molecular complexity index is 440. The Labute approximate surface area is 93.7 Å². The predicted octanol–water partition coefficient (Wildman–Crippen LogP) is 1.93. The molecule has 0 aliphatic carbocycles. The Morgan fingerprint density at radius 1 is 1.44 bits per heavy atom. The highest BCUT2D eigenvalue weighted by Gasteiger charge is 2.14. The maximum atomic E-state index is 5.88. The van der Waals surface area contributed by atoms with Crippen LogP contribution < -0.4 is 5.73 Å². The molecule has 0 unspecified atom stereocenters. The number of pyridine rings is 1. The summed E-state index contributed by atoms with van der Waals surface area (Å²) in [6.07, 6.45) is 3.52. The molecule has 0 aromatic carbocycles. The first-order valence-electron chi connectivity index (χ1n) is 5.32. The van der Waals surface area contributed by atoms with Crippen LogP contribution in [0.2, 0.25) is 0 Å². The molecular formula is C11H14N4O. The molecule has 0 spiro atoms. The van der Waals surface area contributed by atoms with Crippen molar-refractivity contribution < 1.29 is 4.52 Å². The predicted molar refractivity (Wildman–Crippen MR) is 59.4 cm³/mol. The van der Waals surface area contributed by atoms with E-state index in [9.17, 15) is 0 Å². The minimum Gasteiger partial charge on any atom is -0.337 e. The Kier molecular flexibility index (Phi) is 3.26. The van der Waals surface area contributed by atoms with Crippen molar-refractivity contribution in [2.75, 3.05) is 0 Å². The van der Waals surface area contributed by atoms with Crippen molar-refractivity contribution in [3.8, 4) is 11.5 Å². The van der Waals surface area contributed by atoms with Gasteiger partial charge in [0.15, 0.2) is 0 Å². The van der Waals surface area contributed by atoms with Crippen LogP contribution in [0.15, 0.2) is 28.9 Å². The Hall–Kier alpha value is -1.75. The molecule has 0 amide bonds. The smallest absolute Gasteiger partial charge is 0.243 e. The van der Waals surface area contributed by atoms with Gasteiger partial charge >= 0.3 is 0 Å². The van der Waals surface area contributed by atoms with E-state index >= 15 is 0 Å². The first-order chi connectivity index (χ1) is 7.81.